The summed E-state index contributed by atoms with van der Waals surface area (Å²) in [5.41, 5.74) is 0.950. The summed E-state index contributed by atoms with van der Waals surface area (Å²) in [5.74, 6) is 0. The van der Waals surface area contributed by atoms with E-state index in [9.17, 15) is 9.46 Å². The van der Waals surface area contributed by atoms with Crippen LogP contribution in [0.25, 0.3) is 0 Å². The maximum Gasteiger partial charge on any atom is 0.332 e. The van der Waals surface area contributed by atoms with Crippen LogP contribution in [0.1, 0.15) is 18.1 Å². The van der Waals surface area contributed by atoms with Gasteiger partial charge in [0.15, 0.2) is 0 Å². The Bertz CT molecular complexity index is 425. The van der Waals surface area contributed by atoms with Crippen LogP contribution in [0, 0.1) is 11.3 Å². The Labute approximate surface area is 88.7 Å². The summed E-state index contributed by atoms with van der Waals surface area (Å²) < 4.78 is 16.2. The number of rotatable bonds is 4. The fourth-order valence-corrected chi connectivity index (χ4v) is 2.43. The Kier molecular flexibility index (Phi) is 4.05. The molecule has 0 radical (unpaired) electrons. The first-order valence-electron chi connectivity index (χ1n) is 4.53. The van der Waals surface area contributed by atoms with Gasteiger partial charge in [-0.05, 0) is 18.6 Å². The molecule has 0 aliphatic rings. The summed E-state index contributed by atoms with van der Waals surface area (Å²) in [6, 6.07) is 8.68. The molecule has 4 nitrogen and oxygen atoms in total. The van der Waals surface area contributed by atoms with Crippen LogP contribution in [0.2, 0.25) is 0 Å². The second kappa shape index (κ2) is 5.09. The van der Waals surface area contributed by atoms with Gasteiger partial charge in [-0.3, -0.25) is 4.57 Å². The molecule has 0 spiro atoms. The van der Waals surface area contributed by atoms with Crippen molar-refractivity contribution in [1.82, 2.24) is 0 Å². The Balaban J connectivity index is 2.90. The van der Waals surface area contributed by atoms with Gasteiger partial charge in [0.05, 0.1) is 24.4 Å². The van der Waals surface area contributed by atoms with Gasteiger partial charge in [0.25, 0.3) is 0 Å². The van der Waals surface area contributed by atoms with E-state index in [2.05, 4.69) is 0 Å². The smallest absolute Gasteiger partial charge is 0.324 e. The second-order valence-electron chi connectivity index (χ2n) is 2.98. The van der Waals surface area contributed by atoms with Crippen molar-refractivity contribution in [1.29, 1.82) is 5.26 Å². The normalized spacial score (nSPS) is 14.2. The van der Waals surface area contributed by atoms with Crippen LogP contribution in [0.4, 0.5) is 0 Å². The lowest BCUT2D eigenvalue weighted by Crippen LogP contribution is -1.95. The van der Waals surface area contributed by atoms with E-state index in [1.807, 2.05) is 6.07 Å². The summed E-state index contributed by atoms with van der Waals surface area (Å²) in [6.07, 6.45) is -0.120. The topological polar surface area (TPSA) is 70.3 Å². The molecule has 1 N–H and O–H groups in total. The van der Waals surface area contributed by atoms with Gasteiger partial charge in [-0.15, -0.1) is 0 Å². The highest BCUT2D eigenvalue weighted by Gasteiger charge is 2.20. The molecule has 0 aromatic heterocycles. The van der Waals surface area contributed by atoms with Gasteiger partial charge < -0.3 is 9.42 Å². The molecule has 0 heterocycles. The molecule has 5 heteroatoms. The molecule has 1 unspecified atom stereocenters. The van der Waals surface area contributed by atoms with Gasteiger partial charge >= 0.3 is 7.60 Å². The Morgan fingerprint density at radius 1 is 1.53 bits per heavy atom. The van der Waals surface area contributed by atoms with Crippen LogP contribution in [0.15, 0.2) is 24.3 Å². The lowest BCUT2D eigenvalue weighted by Gasteiger charge is -2.11. The highest BCUT2D eigenvalue weighted by molar-refractivity contribution is 7.51. The predicted molar refractivity (Wildman–Crippen MR) is 56.3 cm³/mol. The van der Waals surface area contributed by atoms with Gasteiger partial charge in [-0.25, -0.2) is 0 Å². The first-order chi connectivity index (χ1) is 7.09. The Morgan fingerprint density at radius 2 is 2.20 bits per heavy atom. The van der Waals surface area contributed by atoms with E-state index in [0.29, 0.717) is 11.1 Å². The second-order valence-corrected chi connectivity index (χ2v) is 4.83. The molecule has 15 heavy (non-hydrogen) atoms. The SMILES string of the molecule is CCOP(=O)(O)Cc1ccccc1C#N. The molecule has 0 saturated heterocycles. The van der Waals surface area contributed by atoms with Crippen LogP contribution < -0.4 is 0 Å². The standard InChI is InChI=1S/C10H12NO3P/c1-2-14-15(12,13)8-10-6-4-3-5-9(10)7-11/h3-6H,2,8H2,1H3,(H,12,13). The molecule has 0 fully saturated rings. The highest BCUT2D eigenvalue weighted by atomic mass is 31.2. The third kappa shape index (κ3) is 3.49. The lowest BCUT2D eigenvalue weighted by molar-refractivity contribution is 0.272. The zero-order chi connectivity index (χ0) is 11.3. The van der Waals surface area contributed by atoms with Crippen LogP contribution in [-0.2, 0) is 15.3 Å². The maximum absolute atomic E-state index is 11.5. The van der Waals surface area contributed by atoms with Gasteiger partial charge in [0.2, 0.25) is 0 Å². The molecular formula is C10H12NO3P. The Hall–Kier alpha value is -1.14. The van der Waals surface area contributed by atoms with Crippen LogP contribution >= 0.6 is 7.60 Å². The molecule has 1 atom stereocenters. The first-order valence-corrected chi connectivity index (χ1v) is 6.29. The van der Waals surface area contributed by atoms with Gasteiger partial charge in [0, 0.05) is 0 Å². The number of nitrogens with zero attached hydrogens (tertiary/aromatic N) is 1. The quantitative estimate of drug-likeness (QED) is 0.798. The van der Waals surface area contributed by atoms with Crippen molar-refractivity contribution in [2.75, 3.05) is 6.61 Å². The molecular weight excluding hydrogens is 213 g/mol. The summed E-state index contributed by atoms with van der Waals surface area (Å²) in [4.78, 5) is 9.41. The zero-order valence-corrected chi connectivity index (χ0v) is 9.28. The van der Waals surface area contributed by atoms with Crippen molar-refractivity contribution in [2.45, 2.75) is 13.1 Å². The summed E-state index contributed by atoms with van der Waals surface area (Å²) >= 11 is 0. The van der Waals surface area contributed by atoms with Crippen molar-refractivity contribution in [3.05, 3.63) is 35.4 Å². The average molecular weight is 225 g/mol. The minimum absolute atomic E-state index is 0.120. The van der Waals surface area contributed by atoms with E-state index in [1.54, 1.807) is 31.2 Å². The molecule has 0 bridgehead atoms. The number of nitriles is 1. The average Bonchev–Trinajstić information content (AvgIpc) is 2.17. The number of benzene rings is 1. The van der Waals surface area contributed by atoms with E-state index in [4.69, 9.17) is 9.79 Å². The van der Waals surface area contributed by atoms with Crippen LogP contribution in [0.5, 0.6) is 0 Å². The van der Waals surface area contributed by atoms with Gasteiger partial charge in [-0.2, -0.15) is 5.26 Å². The highest BCUT2D eigenvalue weighted by Crippen LogP contribution is 2.45. The van der Waals surface area contributed by atoms with E-state index in [1.165, 1.54) is 0 Å². The van der Waals surface area contributed by atoms with Gasteiger partial charge in [-0.1, -0.05) is 18.2 Å². The fourth-order valence-electron chi connectivity index (χ4n) is 1.23. The van der Waals surface area contributed by atoms with E-state index < -0.39 is 7.60 Å². The summed E-state index contributed by atoms with van der Waals surface area (Å²) in [6.45, 7) is 1.83. The van der Waals surface area contributed by atoms with Crippen molar-refractivity contribution in [2.24, 2.45) is 0 Å². The molecule has 80 valence electrons. The third-order valence-electron chi connectivity index (χ3n) is 1.84. The number of hydrogen-bond acceptors (Lipinski definition) is 3. The maximum atomic E-state index is 11.5. The van der Waals surface area contributed by atoms with E-state index in [-0.39, 0.29) is 12.8 Å². The minimum Gasteiger partial charge on any atom is -0.324 e. The van der Waals surface area contributed by atoms with E-state index in [0.717, 1.165) is 0 Å². The molecule has 1 rings (SSSR count). The van der Waals surface area contributed by atoms with Crippen LogP contribution in [-0.4, -0.2) is 11.5 Å². The molecule has 1 aromatic rings. The summed E-state index contributed by atoms with van der Waals surface area (Å²) in [5, 5.41) is 8.78. The molecule has 0 aliphatic heterocycles. The lowest BCUT2D eigenvalue weighted by atomic mass is 10.1. The molecule has 1 aromatic carbocycles. The predicted octanol–water partition coefficient (Wildman–Crippen LogP) is 2.28. The number of hydrogen-bond donors (Lipinski definition) is 1. The molecule has 0 amide bonds. The summed E-state index contributed by atoms with van der Waals surface area (Å²) in [7, 11) is -3.61. The third-order valence-corrected chi connectivity index (χ3v) is 3.24. The Morgan fingerprint density at radius 3 is 2.80 bits per heavy atom. The van der Waals surface area contributed by atoms with E-state index >= 15 is 0 Å². The zero-order valence-electron chi connectivity index (χ0n) is 8.38. The van der Waals surface area contributed by atoms with Crippen molar-refractivity contribution in [3.63, 3.8) is 0 Å². The largest absolute Gasteiger partial charge is 0.332 e. The van der Waals surface area contributed by atoms with Crippen LogP contribution in [0.3, 0.4) is 0 Å². The van der Waals surface area contributed by atoms with Crippen molar-refractivity contribution < 1.29 is 14.0 Å². The van der Waals surface area contributed by atoms with Gasteiger partial charge in [0.1, 0.15) is 0 Å². The molecule has 0 saturated carbocycles. The monoisotopic (exact) mass is 225 g/mol. The first kappa shape index (κ1) is 11.9. The van der Waals surface area contributed by atoms with Crippen molar-refractivity contribution in [3.8, 4) is 6.07 Å². The molecule has 0 aliphatic carbocycles. The minimum atomic E-state index is -3.61. The fraction of sp³-hybridized carbons (Fsp3) is 0.300. The van der Waals surface area contributed by atoms with Crippen molar-refractivity contribution >= 4 is 7.60 Å².